The number of nitrogens with zero attached hydrogens (tertiary/aromatic N) is 4. The first-order valence-electron chi connectivity index (χ1n) is 15.7. The highest BCUT2D eigenvalue weighted by Gasteiger charge is 2.60. The molecule has 0 saturated carbocycles. The van der Waals surface area contributed by atoms with Crippen LogP contribution >= 0.6 is 0 Å². The zero-order valence-corrected chi connectivity index (χ0v) is 26.4. The third-order valence-electron chi connectivity index (χ3n) is 8.32. The standard InChI is InChI=1S/C37H33N5O7/c38-23-37(31-17-16-29-36(39)40-24-41-42(29)31)28(21-46-32(43)18-25-10-4-1-5-11-25)35(48-34(45)20-27-14-8-3-9-15-27)30(49-37)22-47-33(44)19-26-12-6-2-7-13-26/h1-17,24,28,30,35H,18-22H2,(H2,39,40,41)/t28-,30-,35+,37-/m1/s1. The largest absolute Gasteiger partial charge is 0.465 e. The number of carbonyl (C=O) groups is 3. The Hall–Kier alpha value is -6.06. The summed E-state index contributed by atoms with van der Waals surface area (Å²) >= 11 is 0. The van der Waals surface area contributed by atoms with Crippen LogP contribution in [0.2, 0.25) is 0 Å². The molecule has 1 saturated heterocycles. The van der Waals surface area contributed by atoms with Gasteiger partial charge in [-0.15, -0.1) is 0 Å². The van der Waals surface area contributed by atoms with Gasteiger partial charge in [-0.2, -0.15) is 10.4 Å². The molecule has 6 rings (SSSR count). The van der Waals surface area contributed by atoms with Crippen molar-refractivity contribution in [2.45, 2.75) is 37.1 Å². The summed E-state index contributed by atoms with van der Waals surface area (Å²) < 4.78 is 25.4. The molecule has 0 spiro atoms. The highest BCUT2D eigenvalue weighted by atomic mass is 16.6. The number of esters is 3. The summed E-state index contributed by atoms with van der Waals surface area (Å²) in [5.41, 5.74) is 7.05. The smallest absolute Gasteiger partial charge is 0.310 e. The molecule has 4 atom stereocenters. The summed E-state index contributed by atoms with van der Waals surface area (Å²) in [4.78, 5) is 43.5. The van der Waals surface area contributed by atoms with Crippen LogP contribution in [-0.4, -0.2) is 57.9 Å². The summed E-state index contributed by atoms with van der Waals surface area (Å²) in [5, 5.41) is 15.2. The minimum absolute atomic E-state index is 0.00449. The van der Waals surface area contributed by atoms with Crippen LogP contribution in [0.25, 0.3) is 5.52 Å². The number of fused-ring (bicyclic) bond motifs is 1. The number of nitriles is 1. The van der Waals surface area contributed by atoms with Gasteiger partial charge in [0.05, 0.1) is 30.9 Å². The molecule has 0 radical (unpaired) electrons. The first-order chi connectivity index (χ1) is 23.9. The Morgan fingerprint density at radius 3 is 1.86 bits per heavy atom. The Morgan fingerprint density at radius 2 is 1.31 bits per heavy atom. The number of nitrogen functional groups attached to an aromatic ring is 1. The average Bonchev–Trinajstić information content (AvgIpc) is 3.68. The van der Waals surface area contributed by atoms with Gasteiger partial charge < -0.3 is 24.7 Å². The van der Waals surface area contributed by atoms with Crippen molar-refractivity contribution in [2.24, 2.45) is 5.92 Å². The van der Waals surface area contributed by atoms with Gasteiger partial charge >= 0.3 is 17.9 Å². The summed E-state index contributed by atoms with van der Waals surface area (Å²) in [6.45, 7) is -0.724. The van der Waals surface area contributed by atoms with Crippen LogP contribution in [0, 0.1) is 17.2 Å². The maximum atomic E-state index is 13.4. The van der Waals surface area contributed by atoms with Gasteiger partial charge in [0, 0.05) is 0 Å². The summed E-state index contributed by atoms with van der Waals surface area (Å²) in [6.07, 6.45) is -1.17. The summed E-state index contributed by atoms with van der Waals surface area (Å²) in [6, 6.07) is 32.6. The van der Waals surface area contributed by atoms with Gasteiger partial charge in [-0.25, -0.2) is 9.50 Å². The number of hydrogen-bond donors (Lipinski definition) is 1. The third kappa shape index (κ3) is 7.42. The van der Waals surface area contributed by atoms with Crippen molar-refractivity contribution in [3.05, 3.63) is 132 Å². The molecule has 2 aromatic heterocycles. The SMILES string of the molecule is N#C[C@@]1(c2ccc3c(N)ncnn23)O[C@H](COC(=O)Cc2ccccc2)[C@@H](OC(=O)Cc2ccccc2)[C@H]1COC(=O)Cc1ccccc1. The van der Waals surface area contributed by atoms with Gasteiger partial charge in [0.15, 0.2) is 5.82 Å². The Bertz CT molecular complexity index is 1960. The molecule has 2 N–H and O–H groups in total. The number of hydrogen-bond acceptors (Lipinski definition) is 11. The molecule has 0 unspecified atom stereocenters. The van der Waals surface area contributed by atoms with E-state index in [4.69, 9.17) is 24.7 Å². The molecule has 0 aliphatic carbocycles. The lowest BCUT2D eigenvalue weighted by atomic mass is 9.83. The zero-order chi connectivity index (χ0) is 34.2. The lowest BCUT2D eigenvalue weighted by molar-refractivity contribution is -0.159. The molecule has 49 heavy (non-hydrogen) atoms. The highest BCUT2D eigenvalue weighted by Crippen LogP contribution is 2.46. The molecule has 0 bridgehead atoms. The maximum Gasteiger partial charge on any atom is 0.310 e. The molecule has 1 fully saturated rings. The molecule has 0 amide bonds. The molecular weight excluding hydrogens is 626 g/mol. The fraction of sp³-hybridized carbons (Fsp3) is 0.243. The number of ether oxygens (including phenoxy) is 4. The van der Waals surface area contributed by atoms with E-state index in [9.17, 15) is 19.6 Å². The Labute approximate surface area is 282 Å². The molecule has 3 heterocycles. The number of nitrogens with two attached hydrogens (primary N) is 1. The predicted molar refractivity (Wildman–Crippen MR) is 175 cm³/mol. The van der Waals surface area contributed by atoms with Crippen LogP contribution in [0.5, 0.6) is 0 Å². The van der Waals surface area contributed by atoms with E-state index in [1.165, 1.54) is 10.8 Å². The van der Waals surface area contributed by atoms with Crippen molar-refractivity contribution in [2.75, 3.05) is 18.9 Å². The minimum atomic E-state index is -1.89. The van der Waals surface area contributed by atoms with Crippen molar-refractivity contribution >= 4 is 29.2 Å². The number of anilines is 1. The lowest BCUT2D eigenvalue weighted by Gasteiger charge is -2.28. The zero-order valence-electron chi connectivity index (χ0n) is 26.4. The van der Waals surface area contributed by atoms with Gasteiger partial charge in [-0.3, -0.25) is 14.4 Å². The fourth-order valence-corrected chi connectivity index (χ4v) is 5.97. The van der Waals surface area contributed by atoms with E-state index in [1.807, 2.05) is 42.5 Å². The summed E-state index contributed by atoms with van der Waals surface area (Å²) in [7, 11) is 0. The quantitative estimate of drug-likeness (QED) is 0.153. The van der Waals surface area contributed by atoms with Crippen molar-refractivity contribution in [3.8, 4) is 6.07 Å². The molecule has 1 aliphatic heterocycles. The van der Waals surface area contributed by atoms with Gasteiger partial charge in [0.1, 0.15) is 43.3 Å². The van der Waals surface area contributed by atoms with Crippen molar-refractivity contribution in [3.63, 3.8) is 0 Å². The van der Waals surface area contributed by atoms with Crippen molar-refractivity contribution in [1.82, 2.24) is 14.6 Å². The fourth-order valence-electron chi connectivity index (χ4n) is 5.97. The van der Waals surface area contributed by atoms with Gasteiger partial charge in [0.2, 0.25) is 5.60 Å². The topological polar surface area (TPSA) is 168 Å². The normalized spacial score (nSPS) is 19.9. The molecule has 1 aliphatic rings. The Balaban J connectivity index is 1.34. The van der Waals surface area contributed by atoms with E-state index < -0.39 is 41.6 Å². The minimum Gasteiger partial charge on any atom is -0.465 e. The molecule has 12 nitrogen and oxygen atoms in total. The van der Waals surface area contributed by atoms with Crippen LogP contribution < -0.4 is 5.73 Å². The van der Waals surface area contributed by atoms with Gasteiger partial charge in [-0.1, -0.05) is 91.0 Å². The maximum absolute atomic E-state index is 13.4. The van der Waals surface area contributed by atoms with Crippen LogP contribution in [0.1, 0.15) is 22.4 Å². The lowest BCUT2D eigenvalue weighted by Crippen LogP contribution is -2.42. The summed E-state index contributed by atoms with van der Waals surface area (Å²) in [5.74, 6) is -2.63. The van der Waals surface area contributed by atoms with Crippen LogP contribution in [0.15, 0.2) is 109 Å². The molecular formula is C37H33N5O7. The Morgan fingerprint density at radius 1 is 0.776 bits per heavy atom. The van der Waals surface area contributed by atoms with Crippen molar-refractivity contribution < 1.29 is 33.3 Å². The average molecular weight is 660 g/mol. The predicted octanol–water partition coefficient (Wildman–Crippen LogP) is 3.77. The number of aromatic nitrogens is 3. The van der Waals surface area contributed by atoms with E-state index in [0.717, 1.165) is 11.1 Å². The second kappa shape index (κ2) is 14.8. The van der Waals surface area contributed by atoms with E-state index in [-0.39, 0.29) is 44.0 Å². The second-order valence-corrected chi connectivity index (χ2v) is 11.6. The number of rotatable bonds is 12. The van der Waals surface area contributed by atoms with E-state index >= 15 is 0 Å². The van der Waals surface area contributed by atoms with Crippen LogP contribution in [0.4, 0.5) is 5.82 Å². The van der Waals surface area contributed by atoms with Crippen LogP contribution in [-0.2, 0) is 58.2 Å². The molecule has 248 valence electrons. The van der Waals surface area contributed by atoms with Crippen LogP contribution in [0.3, 0.4) is 0 Å². The third-order valence-corrected chi connectivity index (χ3v) is 8.32. The van der Waals surface area contributed by atoms with Gasteiger partial charge in [-0.05, 0) is 28.8 Å². The van der Waals surface area contributed by atoms with E-state index in [1.54, 1.807) is 60.7 Å². The highest BCUT2D eigenvalue weighted by molar-refractivity contribution is 5.74. The first kappa shape index (κ1) is 32.9. The second-order valence-electron chi connectivity index (χ2n) is 11.6. The Kier molecular flexibility index (Phi) is 9.92. The van der Waals surface area contributed by atoms with E-state index in [0.29, 0.717) is 11.1 Å². The van der Waals surface area contributed by atoms with E-state index in [2.05, 4.69) is 16.2 Å². The molecule has 5 aromatic rings. The number of carbonyl (C=O) groups excluding carboxylic acids is 3. The monoisotopic (exact) mass is 659 g/mol. The van der Waals surface area contributed by atoms with Gasteiger partial charge in [0.25, 0.3) is 0 Å². The first-order valence-corrected chi connectivity index (χ1v) is 15.7. The van der Waals surface area contributed by atoms with Crippen molar-refractivity contribution in [1.29, 1.82) is 5.26 Å². The molecule has 3 aromatic carbocycles. The molecule has 12 heteroatoms. The number of benzene rings is 3.